The maximum atomic E-state index is 13.1. The Hall–Kier alpha value is -0.270. The molecule has 0 saturated carbocycles. The number of carbonyl (C=O) groups excluding carboxylic acids is 1. The van der Waals surface area contributed by atoms with Gasteiger partial charge in [0.2, 0.25) is 0 Å². The van der Waals surface area contributed by atoms with Crippen LogP contribution in [-0.4, -0.2) is 21.8 Å². The van der Waals surface area contributed by atoms with Crippen molar-refractivity contribution in [2.45, 2.75) is 4.90 Å². The van der Waals surface area contributed by atoms with Crippen molar-refractivity contribution in [1.29, 1.82) is 0 Å². The van der Waals surface area contributed by atoms with E-state index in [1.54, 1.807) is 0 Å². The fraction of sp³-hybridized carbons (Fsp3) is 0.125. The van der Waals surface area contributed by atoms with Gasteiger partial charge in [-0.05, 0) is 23.2 Å². The van der Waals surface area contributed by atoms with E-state index in [9.17, 15) is 17.9 Å². The quantitative estimate of drug-likeness (QED) is 0.336. The monoisotopic (exact) mass is 240 g/mol. The van der Waals surface area contributed by atoms with Crippen LogP contribution in [0.1, 0.15) is 10.4 Å². The number of benzene rings is 1. The van der Waals surface area contributed by atoms with Gasteiger partial charge in [-0.1, -0.05) is 6.07 Å². The van der Waals surface area contributed by atoms with Crippen molar-refractivity contribution in [3.8, 4) is 0 Å². The molecule has 0 heterocycles. The van der Waals surface area contributed by atoms with Crippen molar-refractivity contribution in [3.63, 3.8) is 0 Å². The van der Waals surface area contributed by atoms with Crippen LogP contribution >= 0.6 is 0 Å². The maximum absolute atomic E-state index is 13.1. The van der Waals surface area contributed by atoms with E-state index in [0.717, 1.165) is 19.2 Å². The summed E-state index contributed by atoms with van der Waals surface area (Å²) >= 11 is -2.66. The third-order valence-corrected chi connectivity index (χ3v) is 2.24. The van der Waals surface area contributed by atoms with E-state index in [0.29, 0.717) is 0 Å². The van der Waals surface area contributed by atoms with Gasteiger partial charge in [0.1, 0.15) is 11.4 Å². The average Bonchev–Trinajstić information content (AvgIpc) is 2.16. The summed E-state index contributed by atoms with van der Waals surface area (Å²) < 4.78 is 38.6. The van der Waals surface area contributed by atoms with Gasteiger partial charge in [-0.25, -0.2) is 9.18 Å². The van der Waals surface area contributed by atoms with E-state index in [-0.39, 0.29) is 29.6 Å². The van der Waals surface area contributed by atoms with E-state index in [1.165, 1.54) is 6.07 Å². The first kappa shape index (κ1) is 14.7. The number of methoxy groups -OCH3 is 1. The molecular weight excluding hydrogens is 234 g/mol. The second-order valence-corrected chi connectivity index (χ2v) is 3.25. The van der Waals surface area contributed by atoms with E-state index in [4.69, 9.17) is 0 Å². The number of carbonyl (C=O) groups is 1. The van der Waals surface area contributed by atoms with Crippen LogP contribution in [0.5, 0.6) is 0 Å². The number of hydrogen-bond acceptors (Lipinski definition) is 4. The Morgan fingerprint density at radius 1 is 1.53 bits per heavy atom. The third-order valence-electron chi connectivity index (χ3n) is 1.54. The van der Waals surface area contributed by atoms with Gasteiger partial charge in [0.15, 0.2) is 0 Å². The molecule has 7 heteroatoms. The number of hydrogen-bond donors (Lipinski definition) is 0. The summed E-state index contributed by atoms with van der Waals surface area (Å²) in [7, 11) is 1.05. The zero-order valence-electron chi connectivity index (χ0n) is 8.15. The Labute approximate surface area is 110 Å². The summed E-state index contributed by atoms with van der Waals surface area (Å²) in [5, 5.41) is 0. The summed E-state index contributed by atoms with van der Waals surface area (Å²) in [6.07, 6.45) is 0. The molecule has 1 atom stereocenters. The number of ether oxygens (including phenoxy) is 1. The van der Waals surface area contributed by atoms with Crippen LogP contribution in [0.4, 0.5) is 4.39 Å². The van der Waals surface area contributed by atoms with E-state index in [1.807, 2.05) is 0 Å². The zero-order valence-corrected chi connectivity index (χ0v) is 11.0. The maximum Gasteiger partial charge on any atom is 1.00 e. The van der Waals surface area contributed by atoms with Crippen molar-refractivity contribution >= 4 is 17.0 Å². The summed E-state index contributed by atoms with van der Waals surface area (Å²) in [6, 6.07) is 3.31. The van der Waals surface area contributed by atoms with Gasteiger partial charge in [-0.15, -0.1) is 0 Å². The first-order chi connectivity index (χ1) is 6.57. The van der Waals surface area contributed by atoms with Crippen molar-refractivity contribution < 1.29 is 52.2 Å². The zero-order chi connectivity index (χ0) is 10.7. The number of halogens is 1. The first-order valence-electron chi connectivity index (χ1n) is 3.54. The van der Waals surface area contributed by atoms with Gasteiger partial charge < -0.3 is 9.29 Å². The molecule has 1 rings (SSSR count). The van der Waals surface area contributed by atoms with Crippen LogP contribution < -0.4 is 29.6 Å². The molecule has 0 spiro atoms. The molecule has 1 aromatic carbocycles. The summed E-state index contributed by atoms with van der Waals surface area (Å²) in [6.45, 7) is 0. The Kier molecular flexibility index (Phi) is 6.23. The van der Waals surface area contributed by atoms with Crippen LogP contribution in [0.15, 0.2) is 23.1 Å². The molecule has 0 fully saturated rings. The normalized spacial score (nSPS) is 11.4. The molecule has 15 heavy (non-hydrogen) atoms. The molecule has 0 aliphatic rings. The fourth-order valence-corrected chi connectivity index (χ4v) is 1.48. The van der Waals surface area contributed by atoms with Crippen molar-refractivity contribution in [2.75, 3.05) is 7.11 Å². The molecule has 76 valence electrons. The van der Waals surface area contributed by atoms with Gasteiger partial charge in [0.05, 0.1) is 7.11 Å². The molecule has 0 aliphatic heterocycles. The van der Waals surface area contributed by atoms with Crippen LogP contribution in [-0.2, 0) is 15.8 Å². The first-order valence-corrected chi connectivity index (χ1v) is 4.61. The second-order valence-electron chi connectivity index (χ2n) is 2.34. The minimum absolute atomic E-state index is 0. The van der Waals surface area contributed by atoms with Gasteiger partial charge >= 0.3 is 35.5 Å². The Morgan fingerprint density at radius 2 is 2.13 bits per heavy atom. The molecule has 0 amide bonds. The largest absolute Gasteiger partial charge is 1.00 e. The van der Waals surface area contributed by atoms with E-state index < -0.39 is 33.3 Å². The summed E-state index contributed by atoms with van der Waals surface area (Å²) in [4.78, 5) is 10.6. The molecule has 1 aromatic rings. The third kappa shape index (κ3) is 3.35. The topological polar surface area (TPSA) is 66.4 Å². The Balaban J connectivity index is 0.00000196. The molecule has 4 nitrogen and oxygen atoms in total. The minimum atomic E-state index is -2.66. The van der Waals surface area contributed by atoms with Crippen molar-refractivity contribution in [1.82, 2.24) is 0 Å². The average molecular weight is 240 g/mol. The molecule has 0 bridgehead atoms. The predicted octanol–water partition coefficient (Wildman–Crippen LogP) is -2.15. The van der Waals surface area contributed by atoms with Gasteiger partial charge in [0, 0.05) is 4.90 Å². The molecule has 0 radical (unpaired) electrons. The van der Waals surface area contributed by atoms with Crippen LogP contribution in [0.3, 0.4) is 0 Å². The summed E-state index contributed by atoms with van der Waals surface area (Å²) in [5.41, 5.74) is -0.566. The molecule has 0 aliphatic carbocycles. The van der Waals surface area contributed by atoms with Crippen molar-refractivity contribution in [2.24, 2.45) is 0 Å². The van der Waals surface area contributed by atoms with E-state index >= 15 is 0 Å². The standard InChI is InChI=1S/C8H7FO4S.Na/c1-13-8(10)7-5(9)3-2-4-6(7)14(11)12;/h2-4H,1H3,(H,11,12);/q;+1/p-1. The Morgan fingerprint density at radius 3 is 2.60 bits per heavy atom. The molecule has 0 saturated heterocycles. The van der Waals surface area contributed by atoms with Crippen LogP contribution in [0.2, 0.25) is 0 Å². The predicted molar refractivity (Wildman–Crippen MR) is 44.9 cm³/mol. The van der Waals surface area contributed by atoms with Gasteiger partial charge in [0.25, 0.3) is 0 Å². The summed E-state index contributed by atoms with van der Waals surface area (Å²) in [5.74, 6) is -1.93. The number of rotatable bonds is 2. The van der Waals surface area contributed by atoms with E-state index in [2.05, 4.69) is 4.74 Å². The fourth-order valence-electron chi connectivity index (χ4n) is 0.943. The molecule has 1 unspecified atom stereocenters. The molecular formula is C8H6FNaO4S. The van der Waals surface area contributed by atoms with Crippen molar-refractivity contribution in [3.05, 3.63) is 29.6 Å². The Bertz CT molecular complexity index is 396. The number of esters is 1. The van der Waals surface area contributed by atoms with Gasteiger partial charge in [-0.2, -0.15) is 0 Å². The van der Waals surface area contributed by atoms with Crippen LogP contribution in [0.25, 0.3) is 0 Å². The smallest absolute Gasteiger partial charge is 0.768 e. The second kappa shape index (κ2) is 6.34. The van der Waals surface area contributed by atoms with Crippen LogP contribution in [0, 0.1) is 5.82 Å². The van der Waals surface area contributed by atoms with Gasteiger partial charge in [-0.3, -0.25) is 4.21 Å². The SMILES string of the molecule is COC(=O)c1c(F)cccc1S(=O)[O-].[Na+]. The molecule has 0 aromatic heterocycles. The molecule has 0 N–H and O–H groups in total. The minimum Gasteiger partial charge on any atom is -0.768 e.